The molecule has 0 aliphatic rings. The van der Waals surface area contributed by atoms with Gasteiger partial charge in [0, 0.05) is 11.9 Å². The second-order valence-corrected chi connectivity index (χ2v) is 4.23. The lowest BCUT2D eigenvalue weighted by Crippen LogP contribution is -2.11. The number of anilines is 1. The van der Waals surface area contributed by atoms with Crippen molar-refractivity contribution in [1.82, 2.24) is 0 Å². The van der Waals surface area contributed by atoms with E-state index in [-0.39, 0.29) is 12.5 Å². The van der Waals surface area contributed by atoms with Gasteiger partial charge >= 0.3 is 0 Å². The van der Waals surface area contributed by atoms with E-state index >= 15 is 0 Å². The van der Waals surface area contributed by atoms with Crippen molar-refractivity contribution in [2.45, 2.75) is 6.92 Å². The SMILES string of the molecule is Cc1ccccc1C=NC(=O)CNc1ccccc1. The number of hydrogen-bond acceptors (Lipinski definition) is 2. The highest BCUT2D eigenvalue weighted by molar-refractivity contribution is 5.94. The standard InChI is InChI=1S/C16H16N2O/c1-13-7-5-6-8-14(13)11-18-16(19)12-17-15-9-3-2-4-10-15/h2-11,17H,12H2,1H3. The molecule has 0 aliphatic heterocycles. The van der Waals surface area contributed by atoms with Gasteiger partial charge in [-0.1, -0.05) is 42.5 Å². The molecular formula is C16H16N2O. The van der Waals surface area contributed by atoms with E-state index in [2.05, 4.69) is 10.3 Å². The van der Waals surface area contributed by atoms with Gasteiger partial charge in [-0.05, 0) is 30.2 Å². The molecule has 2 rings (SSSR count). The van der Waals surface area contributed by atoms with Crippen LogP contribution in [0.5, 0.6) is 0 Å². The normalized spacial score (nSPS) is 10.6. The molecular weight excluding hydrogens is 236 g/mol. The summed E-state index contributed by atoms with van der Waals surface area (Å²) in [5.41, 5.74) is 2.99. The summed E-state index contributed by atoms with van der Waals surface area (Å²) in [5, 5.41) is 3.03. The van der Waals surface area contributed by atoms with Crippen LogP contribution >= 0.6 is 0 Å². The molecule has 19 heavy (non-hydrogen) atoms. The third kappa shape index (κ3) is 4.07. The van der Waals surface area contributed by atoms with Crippen LogP contribution in [0.1, 0.15) is 11.1 Å². The molecule has 0 heterocycles. The van der Waals surface area contributed by atoms with Gasteiger partial charge in [-0.2, -0.15) is 0 Å². The Kier molecular flexibility index (Phi) is 4.45. The van der Waals surface area contributed by atoms with E-state index in [9.17, 15) is 4.79 Å². The Balaban J connectivity index is 1.90. The first-order chi connectivity index (χ1) is 9.25. The average molecular weight is 252 g/mol. The van der Waals surface area contributed by atoms with E-state index in [1.54, 1.807) is 6.21 Å². The van der Waals surface area contributed by atoms with Crippen molar-refractivity contribution in [3.63, 3.8) is 0 Å². The highest BCUT2D eigenvalue weighted by Crippen LogP contribution is 2.05. The van der Waals surface area contributed by atoms with E-state index in [4.69, 9.17) is 0 Å². The number of nitrogens with one attached hydrogen (secondary N) is 1. The molecule has 0 aliphatic carbocycles. The zero-order valence-electron chi connectivity index (χ0n) is 10.8. The minimum atomic E-state index is -0.188. The quantitative estimate of drug-likeness (QED) is 0.850. The first-order valence-corrected chi connectivity index (χ1v) is 6.17. The molecule has 2 aromatic carbocycles. The third-order valence-corrected chi connectivity index (χ3v) is 2.75. The summed E-state index contributed by atoms with van der Waals surface area (Å²) in [6.07, 6.45) is 1.62. The number of benzene rings is 2. The number of nitrogens with zero attached hydrogens (tertiary/aromatic N) is 1. The summed E-state index contributed by atoms with van der Waals surface area (Å²) in [7, 11) is 0. The van der Waals surface area contributed by atoms with Crippen LogP contribution in [-0.2, 0) is 4.79 Å². The maximum absolute atomic E-state index is 11.6. The van der Waals surface area contributed by atoms with Gasteiger partial charge < -0.3 is 5.32 Å². The minimum Gasteiger partial charge on any atom is -0.376 e. The minimum absolute atomic E-state index is 0.188. The summed E-state index contributed by atoms with van der Waals surface area (Å²) in [4.78, 5) is 15.6. The summed E-state index contributed by atoms with van der Waals surface area (Å²) in [5.74, 6) is -0.188. The van der Waals surface area contributed by atoms with Crippen LogP contribution in [0.25, 0.3) is 0 Å². The molecule has 0 fully saturated rings. The van der Waals surface area contributed by atoms with Gasteiger partial charge in [0.15, 0.2) is 0 Å². The maximum atomic E-state index is 11.6. The summed E-state index contributed by atoms with van der Waals surface area (Å²) in [6, 6.07) is 17.4. The highest BCUT2D eigenvalue weighted by Gasteiger charge is 1.98. The van der Waals surface area contributed by atoms with Gasteiger partial charge in [0.1, 0.15) is 0 Å². The summed E-state index contributed by atoms with van der Waals surface area (Å²) >= 11 is 0. The molecule has 3 nitrogen and oxygen atoms in total. The van der Waals surface area contributed by atoms with Gasteiger partial charge in [0.2, 0.25) is 0 Å². The number of carbonyl (C=O) groups excluding carboxylic acids is 1. The van der Waals surface area contributed by atoms with Crippen LogP contribution in [0, 0.1) is 6.92 Å². The molecule has 0 atom stereocenters. The predicted molar refractivity (Wildman–Crippen MR) is 78.7 cm³/mol. The number of para-hydroxylation sites is 1. The number of aryl methyl sites for hydroxylation is 1. The van der Waals surface area contributed by atoms with E-state index < -0.39 is 0 Å². The zero-order valence-corrected chi connectivity index (χ0v) is 10.8. The second-order valence-electron chi connectivity index (χ2n) is 4.23. The lowest BCUT2D eigenvalue weighted by Gasteiger charge is -2.02. The van der Waals surface area contributed by atoms with Crippen LogP contribution in [0.2, 0.25) is 0 Å². The Labute approximate surface area is 113 Å². The van der Waals surface area contributed by atoms with Crippen molar-refractivity contribution in [2.24, 2.45) is 4.99 Å². The molecule has 96 valence electrons. The van der Waals surface area contributed by atoms with Gasteiger partial charge in [-0.25, -0.2) is 4.99 Å². The van der Waals surface area contributed by atoms with Gasteiger partial charge in [0.25, 0.3) is 5.91 Å². The van der Waals surface area contributed by atoms with Crippen LogP contribution in [-0.4, -0.2) is 18.7 Å². The maximum Gasteiger partial charge on any atom is 0.264 e. The molecule has 0 radical (unpaired) electrons. The summed E-state index contributed by atoms with van der Waals surface area (Å²) in [6.45, 7) is 2.19. The van der Waals surface area contributed by atoms with Crippen molar-refractivity contribution < 1.29 is 4.79 Å². The van der Waals surface area contributed by atoms with Gasteiger partial charge in [-0.3, -0.25) is 4.79 Å². The third-order valence-electron chi connectivity index (χ3n) is 2.75. The van der Waals surface area contributed by atoms with E-state index in [1.807, 2.05) is 61.5 Å². The fourth-order valence-electron chi connectivity index (χ4n) is 1.65. The molecule has 0 unspecified atom stereocenters. The fraction of sp³-hybridized carbons (Fsp3) is 0.125. The van der Waals surface area contributed by atoms with Gasteiger partial charge in [-0.15, -0.1) is 0 Å². The zero-order chi connectivity index (χ0) is 13.5. The molecule has 0 spiro atoms. The largest absolute Gasteiger partial charge is 0.376 e. The first kappa shape index (κ1) is 13.0. The van der Waals surface area contributed by atoms with E-state index in [0.717, 1.165) is 16.8 Å². The monoisotopic (exact) mass is 252 g/mol. The number of hydrogen-bond donors (Lipinski definition) is 1. The highest BCUT2D eigenvalue weighted by atomic mass is 16.1. The van der Waals surface area contributed by atoms with Crippen molar-refractivity contribution >= 4 is 17.8 Å². The Bertz CT molecular complexity index is 576. The number of rotatable bonds is 4. The Morgan fingerprint density at radius 1 is 1.11 bits per heavy atom. The van der Waals surface area contributed by atoms with Crippen LogP contribution in [0.3, 0.4) is 0 Å². The Hall–Kier alpha value is -2.42. The van der Waals surface area contributed by atoms with Crippen molar-refractivity contribution in [2.75, 3.05) is 11.9 Å². The van der Waals surface area contributed by atoms with Crippen LogP contribution < -0.4 is 5.32 Å². The topological polar surface area (TPSA) is 41.5 Å². The first-order valence-electron chi connectivity index (χ1n) is 6.17. The lowest BCUT2D eigenvalue weighted by atomic mass is 10.1. The Morgan fingerprint density at radius 3 is 2.53 bits per heavy atom. The number of aliphatic imine (C=N–C) groups is 1. The molecule has 3 heteroatoms. The van der Waals surface area contributed by atoms with Gasteiger partial charge in [0.05, 0.1) is 6.54 Å². The van der Waals surface area contributed by atoms with Crippen LogP contribution in [0.15, 0.2) is 59.6 Å². The van der Waals surface area contributed by atoms with Crippen molar-refractivity contribution in [3.8, 4) is 0 Å². The molecule has 1 amide bonds. The molecule has 1 N–H and O–H groups in total. The Morgan fingerprint density at radius 2 is 1.79 bits per heavy atom. The average Bonchev–Trinajstić information content (AvgIpc) is 2.45. The molecule has 0 saturated carbocycles. The lowest BCUT2D eigenvalue weighted by molar-refractivity contribution is -0.116. The number of amides is 1. The molecule has 0 aromatic heterocycles. The fourth-order valence-corrected chi connectivity index (χ4v) is 1.65. The van der Waals surface area contributed by atoms with Crippen molar-refractivity contribution in [3.05, 3.63) is 65.7 Å². The smallest absolute Gasteiger partial charge is 0.264 e. The molecule has 0 bridgehead atoms. The molecule has 2 aromatic rings. The predicted octanol–water partition coefficient (Wildman–Crippen LogP) is 3.05. The van der Waals surface area contributed by atoms with Crippen LogP contribution in [0.4, 0.5) is 5.69 Å². The second kappa shape index (κ2) is 6.50. The number of carbonyl (C=O) groups is 1. The molecule has 0 saturated heterocycles. The van der Waals surface area contributed by atoms with Crippen molar-refractivity contribution in [1.29, 1.82) is 0 Å². The van der Waals surface area contributed by atoms with E-state index in [1.165, 1.54) is 0 Å². The summed E-state index contributed by atoms with van der Waals surface area (Å²) < 4.78 is 0. The van der Waals surface area contributed by atoms with E-state index in [0.29, 0.717) is 0 Å².